The molecule has 0 heterocycles. The molecule has 0 aliphatic rings. The van der Waals surface area contributed by atoms with Gasteiger partial charge >= 0.3 is 11.9 Å². The van der Waals surface area contributed by atoms with Crippen LogP contribution in [-0.2, 0) is 9.59 Å². The molecule has 0 N–H and O–H groups in total. The molecule has 0 atom stereocenters. The number of esters is 2. The van der Waals surface area contributed by atoms with E-state index in [4.69, 9.17) is 9.47 Å². The Balaban J connectivity index is 2.28. The fourth-order valence-corrected chi connectivity index (χ4v) is 2.01. The lowest BCUT2D eigenvalue weighted by Gasteiger charge is -2.09. The summed E-state index contributed by atoms with van der Waals surface area (Å²) in [5.41, 5.74) is 2.03. The van der Waals surface area contributed by atoms with Crippen LogP contribution in [0, 0.1) is 12.7 Å². The third-order valence-corrected chi connectivity index (χ3v) is 3.19. The molecule has 0 fully saturated rings. The van der Waals surface area contributed by atoms with Crippen molar-refractivity contribution in [1.82, 2.24) is 0 Å². The van der Waals surface area contributed by atoms with Crippen molar-refractivity contribution in [1.29, 1.82) is 0 Å². The fourth-order valence-electron chi connectivity index (χ4n) is 2.01. The van der Waals surface area contributed by atoms with Gasteiger partial charge in [-0.15, -0.1) is 0 Å². The maximum absolute atomic E-state index is 14.0. The number of halogens is 1. The summed E-state index contributed by atoms with van der Waals surface area (Å²) in [7, 11) is 0. The van der Waals surface area contributed by atoms with Gasteiger partial charge < -0.3 is 9.47 Å². The fraction of sp³-hybridized carbons (Fsp3) is 0.0526. The number of rotatable bonds is 5. The first-order valence-corrected chi connectivity index (χ1v) is 7.03. The van der Waals surface area contributed by atoms with Crippen LogP contribution < -0.4 is 9.47 Å². The molecule has 0 aromatic heterocycles. The van der Waals surface area contributed by atoms with Gasteiger partial charge in [0, 0.05) is 12.2 Å². The van der Waals surface area contributed by atoms with Gasteiger partial charge in [-0.2, -0.15) is 0 Å². The maximum Gasteiger partial charge on any atom is 0.335 e. The molecule has 2 rings (SSSR count). The van der Waals surface area contributed by atoms with Gasteiger partial charge in [-0.05, 0) is 47.9 Å². The van der Waals surface area contributed by atoms with Crippen LogP contribution in [-0.4, -0.2) is 11.9 Å². The summed E-state index contributed by atoms with van der Waals surface area (Å²) in [6.45, 7) is 8.36. The van der Waals surface area contributed by atoms with Crippen LogP contribution in [0.4, 0.5) is 4.39 Å². The predicted molar refractivity (Wildman–Crippen MR) is 88.2 cm³/mol. The van der Waals surface area contributed by atoms with E-state index in [0.717, 1.165) is 17.7 Å². The number of carbonyl (C=O) groups excluding carboxylic acids is 2. The minimum atomic E-state index is -0.731. The molecule has 0 amide bonds. The molecule has 2 aromatic rings. The summed E-state index contributed by atoms with van der Waals surface area (Å²) >= 11 is 0. The molecule has 0 bridgehead atoms. The van der Waals surface area contributed by atoms with Crippen LogP contribution >= 0.6 is 0 Å². The van der Waals surface area contributed by atoms with Gasteiger partial charge in [0.15, 0.2) is 11.6 Å². The highest BCUT2D eigenvalue weighted by atomic mass is 19.1. The lowest BCUT2D eigenvalue weighted by atomic mass is 10.0. The third kappa shape index (κ3) is 3.95. The van der Waals surface area contributed by atoms with Crippen molar-refractivity contribution in [3.8, 4) is 22.6 Å². The monoisotopic (exact) mass is 326 g/mol. The molecule has 0 aliphatic carbocycles. The van der Waals surface area contributed by atoms with Crippen molar-refractivity contribution in [2.24, 2.45) is 0 Å². The zero-order chi connectivity index (χ0) is 17.7. The highest BCUT2D eigenvalue weighted by Gasteiger charge is 2.11. The van der Waals surface area contributed by atoms with Crippen LogP contribution in [0.5, 0.6) is 11.5 Å². The predicted octanol–water partition coefficient (Wildman–Crippen LogP) is 3.98. The van der Waals surface area contributed by atoms with Gasteiger partial charge in [0.25, 0.3) is 0 Å². The highest BCUT2D eigenvalue weighted by molar-refractivity contribution is 5.84. The quantitative estimate of drug-likeness (QED) is 0.474. The molecular weight excluding hydrogens is 311 g/mol. The van der Waals surface area contributed by atoms with Crippen molar-refractivity contribution < 1.29 is 23.5 Å². The first-order valence-electron chi connectivity index (χ1n) is 7.03. The van der Waals surface area contributed by atoms with Crippen molar-refractivity contribution in [2.45, 2.75) is 6.92 Å². The molecule has 0 spiro atoms. The smallest absolute Gasteiger partial charge is 0.335 e. The number of hydrogen-bond donors (Lipinski definition) is 0. The van der Waals surface area contributed by atoms with Crippen LogP contribution in [0.1, 0.15) is 5.56 Å². The average Bonchev–Trinajstić information content (AvgIpc) is 2.58. The maximum atomic E-state index is 14.0. The standard InChI is InChI=1S/C19H15FO4/c1-4-18(21)23-16-8-6-13(10-12(16)3)14-7-9-17(15(20)11-14)24-19(22)5-2/h4-11H,1-2H2,3H3. The Hall–Kier alpha value is -3.21. The van der Waals surface area contributed by atoms with Gasteiger partial charge in [0.1, 0.15) is 5.75 Å². The van der Waals surface area contributed by atoms with Crippen molar-refractivity contribution >= 4 is 11.9 Å². The van der Waals surface area contributed by atoms with Gasteiger partial charge in [0.05, 0.1) is 0 Å². The van der Waals surface area contributed by atoms with E-state index >= 15 is 0 Å². The third-order valence-electron chi connectivity index (χ3n) is 3.19. The second kappa shape index (κ2) is 7.37. The first kappa shape index (κ1) is 17.1. The number of carbonyl (C=O) groups is 2. The van der Waals surface area contributed by atoms with E-state index in [2.05, 4.69) is 13.2 Å². The normalized spacial score (nSPS) is 9.92. The van der Waals surface area contributed by atoms with E-state index in [-0.39, 0.29) is 5.75 Å². The van der Waals surface area contributed by atoms with Crippen LogP contribution in [0.3, 0.4) is 0 Å². The second-order valence-corrected chi connectivity index (χ2v) is 4.88. The van der Waals surface area contributed by atoms with Crippen LogP contribution in [0.2, 0.25) is 0 Å². The Kier molecular flexibility index (Phi) is 5.27. The molecule has 0 unspecified atom stereocenters. The van der Waals surface area contributed by atoms with Gasteiger partial charge in [-0.1, -0.05) is 25.3 Å². The lowest BCUT2D eigenvalue weighted by molar-refractivity contribution is -0.130. The molecule has 122 valence electrons. The van der Waals surface area contributed by atoms with Gasteiger partial charge in [-0.3, -0.25) is 0 Å². The Morgan fingerprint density at radius 1 is 0.917 bits per heavy atom. The molecule has 24 heavy (non-hydrogen) atoms. The van der Waals surface area contributed by atoms with Crippen LogP contribution in [0.15, 0.2) is 61.7 Å². The second-order valence-electron chi connectivity index (χ2n) is 4.88. The number of ether oxygens (including phenoxy) is 2. The van der Waals surface area contributed by atoms with E-state index in [0.29, 0.717) is 16.9 Å². The Morgan fingerprint density at radius 2 is 1.42 bits per heavy atom. The van der Waals surface area contributed by atoms with Gasteiger partial charge in [-0.25, -0.2) is 14.0 Å². The molecule has 0 saturated heterocycles. The highest BCUT2D eigenvalue weighted by Crippen LogP contribution is 2.29. The molecule has 5 heteroatoms. The molecule has 0 radical (unpaired) electrons. The summed E-state index contributed by atoms with van der Waals surface area (Å²) in [5, 5.41) is 0. The zero-order valence-corrected chi connectivity index (χ0v) is 13.0. The molecular formula is C19H15FO4. The van der Waals surface area contributed by atoms with E-state index in [1.54, 1.807) is 31.2 Å². The van der Waals surface area contributed by atoms with E-state index in [9.17, 15) is 14.0 Å². The van der Waals surface area contributed by atoms with E-state index in [1.165, 1.54) is 12.1 Å². The molecule has 4 nitrogen and oxygen atoms in total. The van der Waals surface area contributed by atoms with E-state index < -0.39 is 17.8 Å². The average molecular weight is 326 g/mol. The Labute approximate surface area is 138 Å². The topological polar surface area (TPSA) is 52.6 Å². The number of aryl methyl sites for hydroxylation is 1. The van der Waals surface area contributed by atoms with E-state index in [1.807, 2.05) is 0 Å². The summed E-state index contributed by atoms with van der Waals surface area (Å²) in [5.74, 6) is -1.71. The van der Waals surface area contributed by atoms with Crippen molar-refractivity contribution in [3.63, 3.8) is 0 Å². The largest absolute Gasteiger partial charge is 0.423 e. The minimum absolute atomic E-state index is 0.170. The number of benzene rings is 2. The zero-order valence-electron chi connectivity index (χ0n) is 13.0. The van der Waals surface area contributed by atoms with Crippen LogP contribution in [0.25, 0.3) is 11.1 Å². The number of hydrogen-bond acceptors (Lipinski definition) is 4. The molecule has 0 saturated carbocycles. The summed E-state index contributed by atoms with van der Waals surface area (Å²) < 4.78 is 23.9. The summed E-state index contributed by atoms with van der Waals surface area (Å²) in [6.07, 6.45) is 2.03. The summed E-state index contributed by atoms with van der Waals surface area (Å²) in [4.78, 5) is 22.4. The molecule has 0 aliphatic heterocycles. The summed E-state index contributed by atoms with van der Waals surface area (Å²) in [6, 6.07) is 9.33. The SMILES string of the molecule is C=CC(=O)Oc1ccc(-c2ccc(OC(=O)C=C)c(F)c2)cc1C. The molecule has 2 aromatic carbocycles. The van der Waals surface area contributed by atoms with Crippen molar-refractivity contribution in [2.75, 3.05) is 0 Å². The van der Waals surface area contributed by atoms with Crippen molar-refractivity contribution in [3.05, 3.63) is 73.1 Å². The lowest BCUT2D eigenvalue weighted by Crippen LogP contribution is -2.05. The Bertz CT molecular complexity index is 755. The Morgan fingerprint density at radius 3 is 1.92 bits per heavy atom. The van der Waals surface area contributed by atoms with Gasteiger partial charge in [0.2, 0.25) is 0 Å². The minimum Gasteiger partial charge on any atom is -0.423 e. The first-order chi connectivity index (χ1) is 11.4.